The molecule has 2 aromatic carbocycles. The average Bonchev–Trinajstić information content (AvgIpc) is 2.52. The van der Waals surface area contributed by atoms with E-state index in [0.717, 1.165) is 16.9 Å². The molecule has 1 unspecified atom stereocenters. The first-order valence-corrected chi connectivity index (χ1v) is 6.70. The molecule has 1 atom stereocenters. The van der Waals surface area contributed by atoms with E-state index in [2.05, 4.69) is 11.4 Å². The van der Waals surface area contributed by atoms with Gasteiger partial charge in [-0.2, -0.15) is 5.26 Å². The molecule has 21 heavy (non-hydrogen) atoms. The first-order chi connectivity index (χ1) is 10.1. The topological polar surface area (TPSA) is 45.0 Å². The molecule has 0 saturated heterocycles. The van der Waals surface area contributed by atoms with Crippen LogP contribution in [0.1, 0.15) is 29.7 Å². The van der Waals surface area contributed by atoms with E-state index in [1.807, 2.05) is 13.0 Å². The van der Waals surface area contributed by atoms with E-state index in [0.29, 0.717) is 12.1 Å². The number of ether oxygens (including phenoxy) is 1. The van der Waals surface area contributed by atoms with Crippen molar-refractivity contribution < 1.29 is 9.13 Å². The highest BCUT2D eigenvalue weighted by atomic mass is 19.1. The summed E-state index contributed by atoms with van der Waals surface area (Å²) in [5, 5.41) is 12.3. The van der Waals surface area contributed by atoms with Gasteiger partial charge >= 0.3 is 0 Å². The maximum Gasteiger partial charge on any atom is 0.123 e. The quantitative estimate of drug-likeness (QED) is 0.913. The van der Waals surface area contributed by atoms with Gasteiger partial charge < -0.3 is 10.1 Å². The molecule has 0 aliphatic heterocycles. The number of nitrogens with zero attached hydrogens (tertiary/aromatic N) is 1. The molecule has 0 fully saturated rings. The lowest BCUT2D eigenvalue weighted by Crippen LogP contribution is -2.18. The van der Waals surface area contributed by atoms with Crippen molar-refractivity contribution in [2.24, 2.45) is 0 Å². The minimum absolute atomic E-state index is 0.0704. The van der Waals surface area contributed by atoms with Crippen LogP contribution < -0.4 is 10.1 Å². The second kappa shape index (κ2) is 6.87. The van der Waals surface area contributed by atoms with Gasteiger partial charge in [0.2, 0.25) is 0 Å². The molecule has 108 valence electrons. The van der Waals surface area contributed by atoms with Crippen molar-refractivity contribution in [3.63, 3.8) is 0 Å². The van der Waals surface area contributed by atoms with Crippen molar-refractivity contribution in [2.45, 2.75) is 19.5 Å². The predicted octanol–water partition coefficient (Wildman–Crippen LogP) is 3.56. The molecule has 2 rings (SSSR count). The van der Waals surface area contributed by atoms with E-state index in [4.69, 9.17) is 10.00 Å². The molecule has 2 aromatic rings. The van der Waals surface area contributed by atoms with E-state index < -0.39 is 0 Å². The summed E-state index contributed by atoms with van der Waals surface area (Å²) in [5.41, 5.74) is 2.53. The molecule has 0 spiro atoms. The van der Waals surface area contributed by atoms with Crippen LogP contribution in [0.5, 0.6) is 5.75 Å². The smallest absolute Gasteiger partial charge is 0.123 e. The first-order valence-electron chi connectivity index (χ1n) is 6.70. The van der Waals surface area contributed by atoms with Gasteiger partial charge in [0.25, 0.3) is 0 Å². The lowest BCUT2D eigenvalue weighted by molar-refractivity contribution is 0.406. The lowest BCUT2D eigenvalue weighted by atomic mass is 10.1. The Morgan fingerprint density at radius 2 is 1.95 bits per heavy atom. The summed E-state index contributed by atoms with van der Waals surface area (Å²) in [7, 11) is 1.61. The minimum Gasteiger partial charge on any atom is -0.496 e. The number of methoxy groups -OCH3 is 1. The van der Waals surface area contributed by atoms with Crippen LogP contribution in [-0.4, -0.2) is 7.11 Å². The minimum atomic E-state index is -0.241. The Labute approximate surface area is 124 Å². The van der Waals surface area contributed by atoms with Crippen molar-refractivity contribution in [3.8, 4) is 11.8 Å². The average molecular weight is 284 g/mol. The zero-order valence-electron chi connectivity index (χ0n) is 12.1. The second-order valence-electron chi connectivity index (χ2n) is 4.79. The molecular formula is C17H17FN2O. The molecule has 0 aliphatic rings. The first kappa shape index (κ1) is 15.0. The van der Waals surface area contributed by atoms with Gasteiger partial charge in [0, 0.05) is 18.2 Å². The van der Waals surface area contributed by atoms with Gasteiger partial charge in [0.1, 0.15) is 11.6 Å². The molecule has 0 amide bonds. The van der Waals surface area contributed by atoms with Gasteiger partial charge in [-0.05, 0) is 42.8 Å². The van der Waals surface area contributed by atoms with Gasteiger partial charge in [0.05, 0.1) is 18.7 Å². The summed E-state index contributed by atoms with van der Waals surface area (Å²) in [6, 6.07) is 13.9. The monoisotopic (exact) mass is 284 g/mol. The Kier molecular flexibility index (Phi) is 4.91. The molecule has 3 nitrogen and oxygen atoms in total. The zero-order valence-corrected chi connectivity index (χ0v) is 12.1. The largest absolute Gasteiger partial charge is 0.496 e. The van der Waals surface area contributed by atoms with E-state index in [9.17, 15) is 4.39 Å². The number of nitrogens with one attached hydrogen (secondary N) is 1. The number of rotatable bonds is 5. The highest BCUT2D eigenvalue weighted by molar-refractivity contribution is 5.42. The van der Waals surface area contributed by atoms with Crippen LogP contribution in [0.4, 0.5) is 4.39 Å². The maximum absolute atomic E-state index is 12.9. The number of benzene rings is 2. The summed E-state index contributed by atoms with van der Waals surface area (Å²) >= 11 is 0. The van der Waals surface area contributed by atoms with E-state index >= 15 is 0 Å². The third-order valence-electron chi connectivity index (χ3n) is 3.38. The predicted molar refractivity (Wildman–Crippen MR) is 79.4 cm³/mol. The van der Waals surface area contributed by atoms with Crippen LogP contribution in [0.2, 0.25) is 0 Å². The molecule has 0 bridgehead atoms. The lowest BCUT2D eigenvalue weighted by Gasteiger charge is -2.16. The van der Waals surface area contributed by atoms with Crippen LogP contribution in [0.25, 0.3) is 0 Å². The van der Waals surface area contributed by atoms with E-state index in [1.165, 1.54) is 12.1 Å². The standard InChI is InChI=1S/C17H17FN2O/c1-12(14-4-6-16(18)7-5-14)20-11-15-9-13(10-19)3-8-17(15)21-2/h3-9,12,20H,11H2,1-2H3. The van der Waals surface area contributed by atoms with Gasteiger partial charge in [0.15, 0.2) is 0 Å². The normalized spacial score (nSPS) is 11.7. The third kappa shape index (κ3) is 3.80. The van der Waals surface area contributed by atoms with Crippen molar-refractivity contribution in [3.05, 3.63) is 65.0 Å². The van der Waals surface area contributed by atoms with Crippen molar-refractivity contribution in [1.82, 2.24) is 5.32 Å². The number of hydrogen-bond donors (Lipinski definition) is 1. The zero-order chi connectivity index (χ0) is 15.2. The van der Waals surface area contributed by atoms with Crippen LogP contribution in [0.15, 0.2) is 42.5 Å². The van der Waals surface area contributed by atoms with E-state index in [-0.39, 0.29) is 11.9 Å². The summed E-state index contributed by atoms with van der Waals surface area (Å²) < 4.78 is 18.2. The van der Waals surface area contributed by atoms with E-state index in [1.54, 1.807) is 31.4 Å². The SMILES string of the molecule is COc1ccc(C#N)cc1CNC(C)c1ccc(F)cc1. The molecule has 0 radical (unpaired) electrons. The Hall–Kier alpha value is -2.38. The summed E-state index contributed by atoms with van der Waals surface area (Å²) in [6.45, 7) is 2.57. The second-order valence-corrected chi connectivity index (χ2v) is 4.79. The van der Waals surface area contributed by atoms with Gasteiger partial charge in [-0.15, -0.1) is 0 Å². The fraction of sp³-hybridized carbons (Fsp3) is 0.235. The highest BCUT2D eigenvalue weighted by Crippen LogP contribution is 2.21. The summed E-state index contributed by atoms with van der Waals surface area (Å²) in [4.78, 5) is 0. The van der Waals surface area contributed by atoms with Crippen LogP contribution >= 0.6 is 0 Å². The number of halogens is 1. The fourth-order valence-corrected chi connectivity index (χ4v) is 2.12. The third-order valence-corrected chi connectivity index (χ3v) is 3.38. The molecule has 1 N–H and O–H groups in total. The Morgan fingerprint density at radius 1 is 1.24 bits per heavy atom. The van der Waals surface area contributed by atoms with Crippen molar-refractivity contribution in [2.75, 3.05) is 7.11 Å². The Bertz CT molecular complexity index is 647. The Morgan fingerprint density at radius 3 is 2.57 bits per heavy atom. The van der Waals surface area contributed by atoms with Crippen LogP contribution in [-0.2, 0) is 6.54 Å². The van der Waals surface area contributed by atoms with Crippen LogP contribution in [0, 0.1) is 17.1 Å². The number of nitriles is 1. The van der Waals surface area contributed by atoms with Gasteiger partial charge in [-0.3, -0.25) is 0 Å². The van der Waals surface area contributed by atoms with Crippen LogP contribution in [0.3, 0.4) is 0 Å². The maximum atomic E-state index is 12.9. The summed E-state index contributed by atoms with van der Waals surface area (Å²) in [6.07, 6.45) is 0. The molecule has 0 heterocycles. The molecular weight excluding hydrogens is 267 g/mol. The number of hydrogen-bond acceptors (Lipinski definition) is 3. The molecule has 0 aromatic heterocycles. The molecule has 0 saturated carbocycles. The summed E-state index contributed by atoms with van der Waals surface area (Å²) in [5.74, 6) is 0.502. The molecule has 0 aliphatic carbocycles. The van der Waals surface area contributed by atoms with Crippen molar-refractivity contribution in [1.29, 1.82) is 5.26 Å². The molecule has 4 heteroatoms. The van der Waals surface area contributed by atoms with Gasteiger partial charge in [-0.25, -0.2) is 4.39 Å². The fourth-order valence-electron chi connectivity index (χ4n) is 2.12. The highest BCUT2D eigenvalue weighted by Gasteiger charge is 2.08. The Balaban J connectivity index is 2.08. The van der Waals surface area contributed by atoms with Gasteiger partial charge in [-0.1, -0.05) is 12.1 Å². The van der Waals surface area contributed by atoms with Crippen molar-refractivity contribution >= 4 is 0 Å².